The number of thiophene rings is 1. The van der Waals surface area contributed by atoms with Gasteiger partial charge < -0.3 is 14.8 Å². The van der Waals surface area contributed by atoms with E-state index in [0.717, 1.165) is 5.92 Å². The lowest BCUT2D eigenvalue weighted by Gasteiger charge is -2.18. The molecule has 96 valence electrons. The summed E-state index contributed by atoms with van der Waals surface area (Å²) in [6, 6.07) is 8.24. The first-order chi connectivity index (χ1) is 8.84. The zero-order valence-corrected chi connectivity index (χ0v) is 10.9. The van der Waals surface area contributed by atoms with E-state index >= 15 is 0 Å². The Bertz CT molecular complexity index is 462. The van der Waals surface area contributed by atoms with Gasteiger partial charge in [-0.1, -0.05) is 6.07 Å². The van der Waals surface area contributed by atoms with Gasteiger partial charge in [0, 0.05) is 17.5 Å². The van der Waals surface area contributed by atoms with Crippen molar-refractivity contribution in [1.29, 1.82) is 0 Å². The largest absolute Gasteiger partial charge is 0.467 e. The van der Waals surface area contributed by atoms with Gasteiger partial charge in [0.1, 0.15) is 11.9 Å². The second kappa shape index (κ2) is 5.26. The molecule has 0 saturated heterocycles. The number of aliphatic hydroxyl groups excluding tert-OH is 1. The first-order valence-electron chi connectivity index (χ1n) is 6.33. The molecule has 2 atom stereocenters. The Hall–Kier alpha value is -1.10. The highest BCUT2D eigenvalue weighted by atomic mass is 32.1. The van der Waals surface area contributed by atoms with Crippen molar-refractivity contribution >= 4 is 11.3 Å². The van der Waals surface area contributed by atoms with Crippen LogP contribution in [0.2, 0.25) is 0 Å². The zero-order valence-electron chi connectivity index (χ0n) is 10.1. The van der Waals surface area contributed by atoms with Crippen LogP contribution in [0, 0.1) is 5.92 Å². The standard InChI is InChI=1S/C14H17NO2S/c16-11(12-3-1-7-17-12)9-15-14(10-5-6-10)13-4-2-8-18-13/h1-4,7-8,10-11,14-16H,5-6,9H2. The van der Waals surface area contributed by atoms with Gasteiger partial charge in [0.2, 0.25) is 0 Å². The Morgan fingerprint density at radius 1 is 1.39 bits per heavy atom. The highest BCUT2D eigenvalue weighted by Gasteiger charge is 2.33. The summed E-state index contributed by atoms with van der Waals surface area (Å²) in [6.45, 7) is 0.534. The lowest BCUT2D eigenvalue weighted by Crippen LogP contribution is -2.27. The van der Waals surface area contributed by atoms with Crippen LogP contribution in [0.1, 0.15) is 35.6 Å². The van der Waals surface area contributed by atoms with Gasteiger partial charge in [-0.3, -0.25) is 0 Å². The molecule has 1 saturated carbocycles. The monoisotopic (exact) mass is 263 g/mol. The second-order valence-electron chi connectivity index (χ2n) is 4.77. The lowest BCUT2D eigenvalue weighted by atomic mass is 10.1. The minimum absolute atomic E-state index is 0.384. The molecular formula is C14H17NO2S. The van der Waals surface area contributed by atoms with E-state index in [0.29, 0.717) is 18.3 Å². The molecule has 1 aliphatic carbocycles. The molecule has 0 aromatic carbocycles. The van der Waals surface area contributed by atoms with Crippen LogP contribution in [-0.2, 0) is 0 Å². The van der Waals surface area contributed by atoms with Crippen LogP contribution in [0.4, 0.5) is 0 Å². The number of hydrogen-bond donors (Lipinski definition) is 2. The first-order valence-corrected chi connectivity index (χ1v) is 7.21. The van der Waals surface area contributed by atoms with Crippen molar-refractivity contribution in [1.82, 2.24) is 5.32 Å². The molecule has 0 aliphatic heterocycles. The molecule has 1 aliphatic rings. The Labute approximate surface area is 110 Å². The van der Waals surface area contributed by atoms with E-state index in [-0.39, 0.29) is 0 Å². The van der Waals surface area contributed by atoms with Crippen LogP contribution in [0.15, 0.2) is 40.3 Å². The summed E-state index contributed by atoms with van der Waals surface area (Å²) in [7, 11) is 0. The molecule has 1 fully saturated rings. The molecule has 0 radical (unpaired) electrons. The highest BCUT2D eigenvalue weighted by Crippen LogP contribution is 2.42. The molecular weight excluding hydrogens is 246 g/mol. The van der Waals surface area contributed by atoms with Crippen LogP contribution in [0.25, 0.3) is 0 Å². The van der Waals surface area contributed by atoms with Crippen molar-refractivity contribution in [2.75, 3.05) is 6.54 Å². The molecule has 3 rings (SSSR count). The summed E-state index contributed by atoms with van der Waals surface area (Å²) in [6.07, 6.45) is 3.59. The third-order valence-electron chi connectivity index (χ3n) is 3.35. The van der Waals surface area contributed by atoms with E-state index in [1.807, 2.05) is 6.07 Å². The summed E-state index contributed by atoms with van der Waals surface area (Å²) >= 11 is 1.78. The molecule has 2 N–H and O–H groups in total. The average Bonchev–Trinajstić information content (AvgIpc) is 2.87. The predicted octanol–water partition coefficient (Wildman–Crippen LogP) is 3.12. The molecule has 2 heterocycles. The Balaban J connectivity index is 1.60. The third-order valence-corrected chi connectivity index (χ3v) is 4.30. The van der Waals surface area contributed by atoms with Crippen LogP contribution in [0.5, 0.6) is 0 Å². The summed E-state index contributed by atoms with van der Waals surface area (Å²) < 4.78 is 5.21. The number of nitrogens with one attached hydrogen (secondary N) is 1. The van der Waals surface area contributed by atoms with E-state index in [1.165, 1.54) is 17.7 Å². The van der Waals surface area contributed by atoms with Gasteiger partial charge in [0.25, 0.3) is 0 Å². The second-order valence-corrected chi connectivity index (χ2v) is 5.75. The fourth-order valence-electron chi connectivity index (χ4n) is 2.22. The van der Waals surface area contributed by atoms with Crippen molar-refractivity contribution in [2.24, 2.45) is 5.92 Å². The Kier molecular flexibility index (Phi) is 3.50. The van der Waals surface area contributed by atoms with Gasteiger partial charge in [-0.2, -0.15) is 0 Å². The quantitative estimate of drug-likeness (QED) is 0.841. The SMILES string of the molecule is OC(CNC(c1cccs1)C1CC1)c1ccco1. The van der Waals surface area contributed by atoms with E-state index in [1.54, 1.807) is 23.7 Å². The van der Waals surface area contributed by atoms with Gasteiger partial charge in [0.15, 0.2) is 0 Å². The van der Waals surface area contributed by atoms with E-state index < -0.39 is 6.10 Å². The zero-order chi connectivity index (χ0) is 12.4. The summed E-state index contributed by atoms with van der Waals surface area (Å²) in [5.74, 6) is 1.36. The lowest BCUT2D eigenvalue weighted by molar-refractivity contribution is 0.142. The molecule has 4 heteroatoms. The molecule has 18 heavy (non-hydrogen) atoms. The van der Waals surface area contributed by atoms with Crippen LogP contribution >= 0.6 is 11.3 Å². The van der Waals surface area contributed by atoms with Crippen molar-refractivity contribution in [3.63, 3.8) is 0 Å². The number of aliphatic hydroxyl groups is 1. The van der Waals surface area contributed by atoms with Crippen molar-refractivity contribution in [3.05, 3.63) is 46.5 Å². The van der Waals surface area contributed by atoms with Crippen LogP contribution in [0.3, 0.4) is 0 Å². The Morgan fingerprint density at radius 2 is 2.28 bits per heavy atom. The third kappa shape index (κ3) is 2.66. The minimum Gasteiger partial charge on any atom is -0.467 e. The molecule has 0 spiro atoms. The number of rotatable bonds is 6. The molecule has 2 aromatic rings. The fourth-order valence-corrected chi connectivity index (χ4v) is 3.11. The van der Waals surface area contributed by atoms with Crippen LogP contribution < -0.4 is 5.32 Å². The maximum atomic E-state index is 10.0. The van der Waals surface area contributed by atoms with Gasteiger partial charge in [0.05, 0.1) is 6.26 Å². The van der Waals surface area contributed by atoms with Gasteiger partial charge in [-0.15, -0.1) is 11.3 Å². The highest BCUT2D eigenvalue weighted by molar-refractivity contribution is 7.10. The molecule has 2 unspecified atom stereocenters. The number of furan rings is 1. The van der Waals surface area contributed by atoms with Crippen molar-refractivity contribution in [2.45, 2.75) is 25.0 Å². The summed E-state index contributed by atoms with van der Waals surface area (Å²) in [5.41, 5.74) is 0. The average molecular weight is 263 g/mol. The summed E-state index contributed by atoms with van der Waals surface area (Å²) in [4.78, 5) is 1.36. The molecule has 0 bridgehead atoms. The van der Waals surface area contributed by atoms with E-state index in [2.05, 4.69) is 22.8 Å². The minimum atomic E-state index is -0.568. The molecule has 3 nitrogen and oxygen atoms in total. The smallest absolute Gasteiger partial charge is 0.133 e. The fraction of sp³-hybridized carbons (Fsp3) is 0.429. The van der Waals surface area contributed by atoms with Crippen LogP contribution in [-0.4, -0.2) is 11.7 Å². The molecule has 2 aromatic heterocycles. The summed E-state index contributed by atoms with van der Waals surface area (Å²) in [5, 5.41) is 15.6. The van der Waals surface area contributed by atoms with E-state index in [9.17, 15) is 5.11 Å². The van der Waals surface area contributed by atoms with Gasteiger partial charge in [-0.05, 0) is 42.3 Å². The maximum absolute atomic E-state index is 10.0. The van der Waals surface area contributed by atoms with Gasteiger partial charge >= 0.3 is 0 Å². The predicted molar refractivity (Wildman–Crippen MR) is 71.5 cm³/mol. The maximum Gasteiger partial charge on any atom is 0.133 e. The number of hydrogen-bond acceptors (Lipinski definition) is 4. The first kappa shape index (κ1) is 12.0. The Morgan fingerprint density at radius 3 is 2.89 bits per heavy atom. The topological polar surface area (TPSA) is 45.4 Å². The van der Waals surface area contributed by atoms with E-state index in [4.69, 9.17) is 4.42 Å². The van der Waals surface area contributed by atoms with Crippen molar-refractivity contribution < 1.29 is 9.52 Å². The normalized spacial score (nSPS) is 18.7. The molecule has 0 amide bonds. The van der Waals surface area contributed by atoms with Gasteiger partial charge in [-0.25, -0.2) is 0 Å². The van der Waals surface area contributed by atoms with Crippen molar-refractivity contribution in [3.8, 4) is 0 Å².